The van der Waals surface area contributed by atoms with Crippen LogP contribution in [-0.2, 0) is 0 Å². The molecule has 0 saturated heterocycles. The molecule has 1 radical (unpaired) electrons. The lowest BCUT2D eigenvalue weighted by Crippen LogP contribution is -2.25. The lowest BCUT2D eigenvalue weighted by molar-refractivity contribution is 1.85. The topological polar surface area (TPSA) is 26.0 Å². The number of rotatable bonds is 1. The molecular weight excluding hydrogens is 128 g/mol. The SMILES string of the molecule is CB(N)[B]Br. The van der Waals surface area contributed by atoms with Crippen LogP contribution < -0.4 is 5.64 Å². The van der Waals surface area contributed by atoms with Gasteiger partial charge in [0.15, 0.2) is 12.7 Å². The van der Waals surface area contributed by atoms with E-state index in [9.17, 15) is 0 Å². The first-order chi connectivity index (χ1) is 2.27. The van der Waals surface area contributed by atoms with Crippen LogP contribution in [0.3, 0.4) is 0 Å². The molecule has 4 heteroatoms. The first kappa shape index (κ1) is 5.57. The standard InChI is InChI=1S/CH5B2BrN/c1-3(5)2-4/h5H2,1H3. The molecule has 0 saturated carbocycles. The zero-order valence-corrected chi connectivity index (χ0v) is 4.70. The maximum Gasteiger partial charge on any atom is 0.189 e. The summed E-state index contributed by atoms with van der Waals surface area (Å²) in [5.74, 6) is 1.76. The highest BCUT2D eigenvalue weighted by Gasteiger charge is 1.92. The summed E-state index contributed by atoms with van der Waals surface area (Å²) < 4.78 is 0. The molecule has 0 fully saturated rings. The molecular formula is CH5B2BrN. The minimum Gasteiger partial charge on any atom is -0.375 e. The molecule has 0 aliphatic rings. The normalized spacial score (nSPS) is 7.00. The van der Waals surface area contributed by atoms with E-state index in [2.05, 4.69) is 15.8 Å². The Morgan fingerprint density at radius 2 is 2.20 bits per heavy atom. The summed E-state index contributed by atoms with van der Waals surface area (Å²) in [4.78, 5) is 0. The molecule has 5 heavy (non-hydrogen) atoms. The predicted molar refractivity (Wildman–Crippen MR) is 30.5 cm³/mol. The first-order valence-electron chi connectivity index (χ1n) is 1.46. The fourth-order valence-electron chi connectivity index (χ4n) is 0. The fraction of sp³-hybridized carbons (Fsp3) is 1.00. The molecule has 0 aliphatic carbocycles. The van der Waals surface area contributed by atoms with E-state index in [1.54, 1.807) is 5.99 Å². The highest BCUT2D eigenvalue weighted by atomic mass is 79.9. The molecule has 27 valence electrons. The Labute approximate surface area is 41.6 Å². The molecule has 0 amide bonds. The summed E-state index contributed by atoms with van der Waals surface area (Å²) >= 11 is 3.06. The van der Waals surface area contributed by atoms with Crippen molar-refractivity contribution < 1.29 is 0 Å². The van der Waals surface area contributed by atoms with Crippen molar-refractivity contribution >= 4 is 28.5 Å². The van der Waals surface area contributed by atoms with Crippen LogP contribution >= 0.6 is 15.8 Å². The molecule has 0 atom stereocenters. The van der Waals surface area contributed by atoms with E-state index >= 15 is 0 Å². The smallest absolute Gasteiger partial charge is 0.189 e. The second-order valence-electron chi connectivity index (χ2n) is 0.985. The molecule has 0 aromatic rings. The van der Waals surface area contributed by atoms with E-state index in [-0.39, 0.29) is 6.74 Å². The van der Waals surface area contributed by atoms with Crippen molar-refractivity contribution in [3.63, 3.8) is 0 Å². The molecule has 0 bridgehead atoms. The quantitative estimate of drug-likeness (QED) is 0.503. The third-order valence-corrected chi connectivity index (χ3v) is 1.03. The average molecular weight is 133 g/mol. The summed E-state index contributed by atoms with van der Waals surface area (Å²) in [7, 11) is 0. The summed E-state index contributed by atoms with van der Waals surface area (Å²) in [6, 6.07) is 0. The average Bonchev–Trinajstić information content (AvgIpc) is 1.38. The predicted octanol–water partition coefficient (Wildman–Crippen LogP) is 0.0772. The van der Waals surface area contributed by atoms with E-state index < -0.39 is 0 Å². The Hall–Kier alpha value is 0.570. The van der Waals surface area contributed by atoms with Gasteiger partial charge in [0, 0.05) is 0 Å². The van der Waals surface area contributed by atoms with E-state index in [1.165, 1.54) is 0 Å². The number of halogens is 1. The highest BCUT2D eigenvalue weighted by Crippen LogP contribution is 1.72. The van der Waals surface area contributed by atoms with Crippen molar-refractivity contribution in [2.24, 2.45) is 5.64 Å². The van der Waals surface area contributed by atoms with Gasteiger partial charge in [0.25, 0.3) is 0 Å². The molecule has 0 aliphatic heterocycles. The molecule has 0 aromatic heterocycles. The van der Waals surface area contributed by atoms with E-state index in [0.717, 1.165) is 0 Å². The molecule has 0 spiro atoms. The number of hydrogen-bond donors (Lipinski definition) is 1. The summed E-state index contributed by atoms with van der Waals surface area (Å²) in [5.41, 5.74) is 5.19. The van der Waals surface area contributed by atoms with E-state index in [4.69, 9.17) is 5.64 Å². The molecule has 2 N–H and O–H groups in total. The van der Waals surface area contributed by atoms with Gasteiger partial charge in [0.2, 0.25) is 0 Å². The number of hydrogen-bond acceptors (Lipinski definition) is 1. The van der Waals surface area contributed by atoms with Gasteiger partial charge in [-0.1, -0.05) is 6.82 Å². The van der Waals surface area contributed by atoms with Crippen LogP contribution in [0.4, 0.5) is 0 Å². The third kappa shape index (κ3) is 4.57. The third-order valence-electron chi connectivity index (χ3n) is 0.199. The van der Waals surface area contributed by atoms with Gasteiger partial charge in [-0.15, -0.1) is 0 Å². The molecule has 0 rings (SSSR count). The van der Waals surface area contributed by atoms with Gasteiger partial charge in [-0.2, -0.15) is 15.8 Å². The Bertz CT molecular complexity index is 23.6. The zero-order valence-electron chi connectivity index (χ0n) is 3.11. The Morgan fingerprint density at radius 1 is 2.00 bits per heavy atom. The summed E-state index contributed by atoms with van der Waals surface area (Å²) in [6.07, 6.45) is 0. The van der Waals surface area contributed by atoms with Crippen LogP contribution in [-0.4, -0.2) is 12.7 Å². The second kappa shape index (κ2) is 2.79. The van der Waals surface area contributed by atoms with Gasteiger partial charge < -0.3 is 5.64 Å². The molecule has 0 heterocycles. The molecule has 0 unspecified atom stereocenters. The van der Waals surface area contributed by atoms with Crippen LogP contribution in [0.15, 0.2) is 0 Å². The van der Waals surface area contributed by atoms with E-state index in [1.807, 2.05) is 6.82 Å². The Balaban J connectivity index is 2.54. The van der Waals surface area contributed by atoms with Crippen LogP contribution in [0.25, 0.3) is 0 Å². The van der Waals surface area contributed by atoms with Crippen molar-refractivity contribution in [3.8, 4) is 0 Å². The van der Waals surface area contributed by atoms with Crippen molar-refractivity contribution in [2.75, 3.05) is 0 Å². The first-order valence-corrected chi connectivity index (χ1v) is 2.38. The van der Waals surface area contributed by atoms with Crippen LogP contribution in [0.5, 0.6) is 0 Å². The van der Waals surface area contributed by atoms with Gasteiger partial charge in [-0.3, -0.25) is 0 Å². The summed E-state index contributed by atoms with van der Waals surface area (Å²) in [6.45, 7) is 2.07. The minimum absolute atomic E-state index is 0.176. The summed E-state index contributed by atoms with van der Waals surface area (Å²) in [5, 5.41) is 0. The van der Waals surface area contributed by atoms with Crippen molar-refractivity contribution in [1.29, 1.82) is 0 Å². The van der Waals surface area contributed by atoms with Gasteiger partial charge in [-0.25, -0.2) is 0 Å². The lowest BCUT2D eigenvalue weighted by atomic mass is 9.46. The van der Waals surface area contributed by atoms with Gasteiger partial charge in [-0.05, 0) is 0 Å². The lowest BCUT2D eigenvalue weighted by Gasteiger charge is -1.81. The van der Waals surface area contributed by atoms with Crippen molar-refractivity contribution in [2.45, 2.75) is 6.82 Å². The van der Waals surface area contributed by atoms with Crippen LogP contribution in [0.1, 0.15) is 0 Å². The van der Waals surface area contributed by atoms with Crippen molar-refractivity contribution in [1.82, 2.24) is 0 Å². The zero-order chi connectivity index (χ0) is 4.28. The monoisotopic (exact) mass is 132 g/mol. The van der Waals surface area contributed by atoms with Crippen LogP contribution in [0.2, 0.25) is 6.82 Å². The van der Waals surface area contributed by atoms with Gasteiger partial charge in [0.05, 0.1) is 0 Å². The largest absolute Gasteiger partial charge is 0.375 e. The van der Waals surface area contributed by atoms with Crippen LogP contribution in [0, 0.1) is 0 Å². The maximum absolute atomic E-state index is 5.19. The fourth-order valence-corrected chi connectivity index (χ4v) is 0. The van der Waals surface area contributed by atoms with Gasteiger partial charge in [0.1, 0.15) is 0 Å². The van der Waals surface area contributed by atoms with E-state index in [0.29, 0.717) is 0 Å². The maximum atomic E-state index is 5.19. The second-order valence-corrected chi connectivity index (χ2v) is 1.51. The Morgan fingerprint density at radius 3 is 2.20 bits per heavy atom. The molecule has 1 nitrogen and oxygen atoms in total. The minimum atomic E-state index is 0.176. The number of nitrogens with two attached hydrogens (primary N) is 1. The highest BCUT2D eigenvalue weighted by molar-refractivity contribution is 9.24. The van der Waals surface area contributed by atoms with Gasteiger partial charge >= 0.3 is 0 Å². The van der Waals surface area contributed by atoms with Crippen molar-refractivity contribution in [3.05, 3.63) is 0 Å². The molecule has 0 aromatic carbocycles. The Kier molecular flexibility index (Phi) is 3.11.